The van der Waals surface area contributed by atoms with E-state index in [1.54, 1.807) is 12.1 Å². The minimum atomic E-state index is -1.11. The van der Waals surface area contributed by atoms with Crippen molar-refractivity contribution < 1.29 is 19.8 Å². The van der Waals surface area contributed by atoms with Crippen LogP contribution >= 0.6 is 23.2 Å². The Hall–Kier alpha value is -1.30. The van der Waals surface area contributed by atoms with Crippen molar-refractivity contribution in [1.82, 2.24) is 4.90 Å². The Labute approximate surface area is 125 Å². The SMILES string of the molecule is O=C(O)C1CC(O)CN1C(=O)Cc1ccc(Cl)cc1Cl. The molecule has 108 valence electrons. The van der Waals surface area contributed by atoms with E-state index in [9.17, 15) is 14.7 Å². The van der Waals surface area contributed by atoms with Gasteiger partial charge < -0.3 is 15.1 Å². The van der Waals surface area contributed by atoms with Gasteiger partial charge >= 0.3 is 5.97 Å². The molecule has 0 aromatic heterocycles. The number of carboxylic acid groups (broad SMARTS) is 1. The molecule has 2 N–H and O–H groups in total. The third-order valence-electron chi connectivity index (χ3n) is 3.24. The van der Waals surface area contributed by atoms with Gasteiger partial charge in [0.15, 0.2) is 0 Å². The van der Waals surface area contributed by atoms with E-state index in [2.05, 4.69) is 0 Å². The van der Waals surface area contributed by atoms with E-state index in [0.717, 1.165) is 0 Å². The highest BCUT2D eigenvalue weighted by atomic mass is 35.5. The first kappa shape index (κ1) is 15.1. The number of aliphatic hydroxyl groups is 1. The standard InChI is InChI=1S/C13H13Cl2NO4/c14-8-2-1-7(10(15)4-8)3-12(18)16-6-9(17)5-11(16)13(19)20/h1-2,4,9,11,17H,3,5-6H2,(H,19,20). The zero-order chi connectivity index (χ0) is 14.9. The number of aliphatic carboxylic acids is 1. The van der Waals surface area contributed by atoms with Crippen molar-refractivity contribution in [1.29, 1.82) is 0 Å². The molecule has 20 heavy (non-hydrogen) atoms. The van der Waals surface area contributed by atoms with Gasteiger partial charge in [0.05, 0.1) is 12.5 Å². The molecular weight excluding hydrogens is 305 g/mol. The van der Waals surface area contributed by atoms with Crippen molar-refractivity contribution >= 4 is 35.1 Å². The Morgan fingerprint density at radius 2 is 2.05 bits per heavy atom. The first-order valence-electron chi connectivity index (χ1n) is 6.02. The Morgan fingerprint density at radius 1 is 1.35 bits per heavy atom. The molecule has 0 radical (unpaired) electrons. The quantitative estimate of drug-likeness (QED) is 0.887. The number of likely N-dealkylation sites (tertiary alicyclic amines) is 1. The van der Waals surface area contributed by atoms with E-state index in [4.69, 9.17) is 28.3 Å². The number of carbonyl (C=O) groups excluding carboxylic acids is 1. The van der Waals surface area contributed by atoms with Gasteiger partial charge in [0, 0.05) is 23.0 Å². The molecule has 1 saturated heterocycles. The molecule has 0 aliphatic carbocycles. The van der Waals surface area contributed by atoms with Crippen LogP contribution in [0.15, 0.2) is 18.2 Å². The van der Waals surface area contributed by atoms with Crippen LogP contribution in [0.1, 0.15) is 12.0 Å². The van der Waals surface area contributed by atoms with Gasteiger partial charge in [0.1, 0.15) is 6.04 Å². The average Bonchev–Trinajstić information content (AvgIpc) is 2.75. The van der Waals surface area contributed by atoms with Crippen LogP contribution in [0.25, 0.3) is 0 Å². The molecule has 1 amide bonds. The smallest absolute Gasteiger partial charge is 0.326 e. The highest BCUT2D eigenvalue weighted by Gasteiger charge is 2.38. The molecule has 1 fully saturated rings. The number of nitrogens with zero attached hydrogens (tertiary/aromatic N) is 1. The van der Waals surface area contributed by atoms with Gasteiger partial charge in [-0.2, -0.15) is 0 Å². The van der Waals surface area contributed by atoms with Crippen molar-refractivity contribution in [3.8, 4) is 0 Å². The van der Waals surface area contributed by atoms with Crippen molar-refractivity contribution in [2.75, 3.05) is 6.54 Å². The summed E-state index contributed by atoms with van der Waals surface area (Å²) < 4.78 is 0. The number of benzene rings is 1. The van der Waals surface area contributed by atoms with Crippen LogP contribution < -0.4 is 0 Å². The number of carbonyl (C=O) groups is 2. The number of aliphatic hydroxyl groups excluding tert-OH is 1. The second kappa shape index (κ2) is 5.99. The summed E-state index contributed by atoms with van der Waals surface area (Å²) in [5.74, 6) is -1.49. The van der Waals surface area contributed by atoms with Gasteiger partial charge in [-0.05, 0) is 17.7 Å². The Morgan fingerprint density at radius 3 is 2.65 bits per heavy atom. The normalized spacial score (nSPS) is 22.1. The predicted molar refractivity (Wildman–Crippen MR) is 73.9 cm³/mol. The maximum Gasteiger partial charge on any atom is 0.326 e. The van der Waals surface area contributed by atoms with Gasteiger partial charge in [-0.3, -0.25) is 4.79 Å². The highest BCUT2D eigenvalue weighted by molar-refractivity contribution is 6.35. The lowest BCUT2D eigenvalue weighted by molar-refractivity contribution is -0.148. The molecule has 1 aromatic rings. The monoisotopic (exact) mass is 317 g/mol. The first-order valence-corrected chi connectivity index (χ1v) is 6.78. The van der Waals surface area contributed by atoms with Crippen LogP contribution in [0.5, 0.6) is 0 Å². The van der Waals surface area contributed by atoms with E-state index < -0.39 is 18.1 Å². The van der Waals surface area contributed by atoms with Crippen LogP contribution in [-0.4, -0.2) is 45.7 Å². The minimum Gasteiger partial charge on any atom is -0.480 e. The summed E-state index contributed by atoms with van der Waals surface area (Å²) in [6.07, 6.45) is -0.775. The molecule has 2 atom stereocenters. The maximum absolute atomic E-state index is 12.2. The zero-order valence-corrected chi connectivity index (χ0v) is 11.9. The molecule has 2 unspecified atom stereocenters. The Balaban J connectivity index is 2.13. The van der Waals surface area contributed by atoms with E-state index in [0.29, 0.717) is 15.6 Å². The van der Waals surface area contributed by atoms with Crippen molar-refractivity contribution in [2.24, 2.45) is 0 Å². The Kier molecular flexibility index (Phi) is 4.52. The second-order valence-electron chi connectivity index (χ2n) is 4.70. The van der Waals surface area contributed by atoms with Gasteiger partial charge in [-0.1, -0.05) is 29.3 Å². The summed E-state index contributed by atoms with van der Waals surface area (Å²) >= 11 is 11.8. The van der Waals surface area contributed by atoms with Crippen LogP contribution in [0.4, 0.5) is 0 Å². The van der Waals surface area contributed by atoms with Crippen LogP contribution in [-0.2, 0) is 16.0 Å². The number of hydrogen-bond donors (Lipinski definition) is 2. The Bertz CT molecular complexity index is 549. The molecule has 0 spiro atoms. The number of hydrogen-bond acceptors (Lipinski definition) is 3. The van der Waals surface area contributed by atoms with E-state index in [-0.39, 0.29) is 25.3 Å². The van der Waals surface area contributed by atoms with Gasteiger partial charge in [-0.25, -0.2) is 4.79 Å². The molecule has 0 saturated carbocycles. The lowest BCUT2D eigenvalue weighted by Gasteiger charge is -2.21. The lowest BCUT2D eigenvalue weighted by atomic mass is 10.1. The molecule has 1 aliphatic rings. The van der Waals surface area contributed by atoms with Gasteiger partial charge in [0.2, 0.25) is 5.91 Å². The zero-order valence-electron chi connectivity index (χ0n) is 10.4. The number of halogens is 2. The number of carboxylic acids is 1. The van der Waals surface area contributed by atoms with Crippen molar-refractivity contribution in [3.05, 3.63) is 33.8 Å². The van der Waals surface area contributed by atoms with E-state index in [1.165, 1.54) is 11.0 Å². The summed E-state index contributed by atoms with van der Waals surface area (Å²) in [5.41, 5.74) is 0.576. The molecule has 1 heterocycles. The summed E-state index contributed by atoms with van der Waals surface area (Å²) in [4.78, 5) is 24.4. The molecule has 7 heteroatoms. The molecular formula is C13H13Cl2NO4. The molecule has 0 bridgehead atoms. The van der Waals surface area contributed by atoms with Crippen LogP contribution in [0.2, 0.25) is 10.0 Å². The van der Waals surface area contributed by atoms with Crippen LogP contribution in [0, 0.1) is 0 Å². The fourth-order valence-electron chi connectivity index (χ4n) is 2.25. The molecule has 5 nitrogen and oxygen atoms in total. The second-order valence-corrected chi connectivity index (χ2v) is 5.55. The summed E-state index contributed by atoms with van der Waals surface area (Å²) in [6.45, 7) is 0.0288. The summed E-state index contributed by atoms with van der Waals surface area (Å²) in [6, 6.07) is 3.79. The first-order chi connectivity index (χ1) is 9.38. The largest absolute Gasteiger partial charge is 0.480 e. The van der Waals surface area contributed by atoms with E-state index >= 15 is 0 Å². The van der Waals surface area contributed by atoms with Crippen LogP contribution in [0.3, 0.4) is 0 Å². The minimum absolute atomic E-state index is 0.0213. The molecule has 1 aliphatic heterocycles. The molecule has 1 aromatic carbocycles. The lowest BCUT2D eigenvalue weighted by Crippen LogP contribution is -2.41. The maximum atomic E-state index is 12.2. The fourth-order valence-corrected chi connectivity index (χ4v) is 2.73. The van der Waals surface area contributed by atoms with Gasteiger partial charge in [0.25, 0.3) is 0 Å². The topological polar surface area (TPSA) is 77.8 Å². The van der Waals surface area contributed by atoms with Crippen molar-refractivity contribution in [3.63, 3.8) is 0 Å². The number of amides is 1. The summed E-state index contributed by atoms with van der Waals surface area (Å²) in [5, 5.41) is 19.4. The predicted octanol–water partition coefficient (Wildman–Crippen LogP) is 1.58. The summed E-state index contributed by atoms with van der Waals surface area (Å²) in [7, 11) is 0. The fraction of sp³-hybridized carbons (Fsp3) is 0.385. The van der Waals surface area contributed by atoms with Gasteiger partial charge in [-0.15, -0.1) is 0 Å². The number of rotatable bonds is 3. The molecule has 2 rings (SSSR count). The average molecular weight is 318 g/mol. The third kappa shape index (κ3) is 3.23. The van der Waals surface area contributed by atoms with Crippen molar-refractivity contribution in [2.45, 2.75) is 25.0 Å². The number of β-amino-alcohol motifs (C(OH)–C–C–N with tert-alkyl or cyclic N) is 1. The van der Waals surface area contributed by atoms with E-state index in [1.807, 2.05) is 0 Å². The third-order valence-corrected chi connectivity index (χ3v) is 3.83. The highest BCUT2D eigenvalue weighted by Crippen LogP contribution is 2.24.